The molecule has 0 saturated carbocycles. The van der Waals surface area contributed by atoms with E-state index in [-0.39, 0.29) is 54.3 Å². The van der Waals surface area contributed by atoms with Crippen molar-refractivity contribution in [2.75, 3.05) is 14.2 Å². The van der Waals surface area contributed by atoms with Crippen LogP contribution in [0.5, 0.6) is 0 Å². The van der Waals surface area contributed by atoms with Gasteiger partial charge in [0.15, 0.2) is 7.60 Å². The van der Waals surface area contributed by atoms with Gasteiger partial charge in [-0.2, -0.15) is 0 Å². The summed E-state index contributed by atoms with van der Waals surface area (Å²) >= 11 is 0. The predicted octanol–water partition coefficient (Wildman–Crippen LogP) is -6.06. The first-order valence-corrected chi connectivity index (χ1v) is 8.98. The van der Waals surface area contributed by atoms with Crippen molar-refractivity contribution in [3.8, 4) is 0 Å². The van der Waals surface area contributed by atoms with Crippen LogP contribution in [0.2, 0.25) is 0 Å². The number of aliphatic imine (C=N–C) groups is 1. The first-order valence-electron chi connectivity index (χ1n) is 5.86. The maximum atomic E-state index is 11.9. The van der Waals surface area contributed by atoms with E-state index in [9.17, 15) is 24.0 Å². The van der Waals surface area contributed by atoms with Crippen molar-refractivity contribution in [3.63, 3.8) is 0 Å². The summed E-state index contributed by atoms with van der Waals surface area (Å²) in [7, 11) is -6.75. The van der Waals surface area contributed by atoms with Gasteiger partial charge in [0.05, 0.1) is 11.0 Å². The quantitative estimate of drug-likeness (QED) is 0.231. The van der Waals surface area contributed by atoms with Gasteiger partial charge in [0.2, 0.25) is 0 Å². The minimum atomic E-state index is -4.46. The monoisotopic (exact) mass is 361 g/mol. The molecular formula is C12H15Li2NO7P2. The topological polar surface area (TPSA) is 131 Å². The Labute approximate surface area is 164 Å². The molecule has 0 aliphatic rings. The summed E-state index contributed by atoms with van der Waals surface area (Å²) in [4.78, 5) is 25.1. The molecule has 0 bridgehead atoms. The summed E-state index contributed by atoms with van der Waals surface area (Å²) in [5, 5.41) is 10.8. The average Bonchev–Trinajstić information content (AvgIpc) is 2.46. The van der Waals surface area contributed by atoms with Gasteiger partial charge in [0, 0.05) is 19.5 Å². The molecule has 12 heteroatoms. The number of nitrogens with zero attached hydrogens (tertiary/aromatic N) is 1. The van der Waals surface area contributed by atoms with Gasteiger partial charge in [-0.05, 0) is 36.6 Å². The third-order valence-corrected chi connectivity index (χ3v) is 5.39. The molecule has 8 nitrogen and oxygen atoms in total. The van der Waals surface area contributed by atoms with Crippen LogP contribution in [-0.4, -0.2) is 25.0 Å². The van der Waals surface area contributed by atoms with E-state index >= 15 is 0 Å². The van der Waals surface area contributed by atoms with Crippen molar-refractivity contribution >= 4 is 37.4 Å². The fraction of sp³-hybridized carbons (Fsp3) is 0.250. The van der Waals surface area contributed by atoms with Gasteiger partial charge in [-0.15, -0.1) is 0 Å². The molecule has 1 aromatic rings. The molecule has 2 unspecified atom stereocenters. The zero-order valence-electron chi connectivity index (χ0n) is 14.2. The Balaban J connectivity index is 0. The molecule has 0 aliphatic heterocycles. The SMILES string of the molecule is C=C(C)C([O-])=Nc1cc(P(=O)([O-])OC)cc(P(=O)(O)OC)c1.[Li+].[Li+]. The minimum Gasteiger partial charge on any atom is -0.858 e. The molecular weight excluding hydrogens is 346 g/mol. The molecule has 2 atom stereocenters. The molecule has 0 saturated heterocycles. The van der Waals surface area contributed by atoms with Crippen molar-refractivity contribution in [2.24, 2.45) is 4.99 Å². The third kappa shape index (κ3) is 6.67. The van der Waals surface area contributed by atoms with Crippen LogP contribution in [-0.2, 0) is 18.2 Å². The molecule has 1 N–H and O–H groups in total. The second-order valence-corrected chi connectivity index (χ2v) is 8.09. The second-order valence-electron chi connectivity index (χ2n) is 4.29. The van der Waals surface area contributed by atoms with Crippen LogP contribution in [0.1, 0.15) is 6.92 Å². The molecule has 24 heavy (non-hydrogen) atoms. The van der Waals surface area contributed by atoms with Crippen LogP contribution in [0.25, 0.3) is 0 Å². The normalized spacial score (nSPS) is 16.1. The fourth-order valence-electron chi connectivity index (χ4n) is 1.39. The number of benzene rings is 1. The van der Waals surface area contributed by atoms with Gasteiger partial charge >= 0.3 is 45.3 Å². The first kappa shape index (κ1) is 26.2. The van der Waals surface area contributed by atoms with Gasteiger partial charge in [-0.1, -0.05) is 6.58 Å². The Kier molecular flexibility index (Phi) is 11.1. The summed E-state index contributed by atoms with van der Waals surface area (Å²) in [6.07, 6.45) is 0. The van der Waals surface area contributed by atoms with Gasteiger partial charge in [0.1, 0.15) is 0 Å². The second kappa shape index (κ2) is 10.2. The van der Waals surface area contributed by atoms with Gasteiger partial charge < -0.3 is 28.5 Å². The van der Waals surface area contributed by atoms with Crippen LogP contribution in [0.3, 0.4) is 0 Å². The molecule has 0 radical (unpaired) electrons. The Morgan fingerprint density at radius 1 is 1.17 bits per heavy atom. The molecule has 1 aromatic carbocycles. The van der Waals surface area contributed by atoms with E-state index in [2.05, 4.69) is 20.6 Å². The zero-order chi connectivity index (χ0) is 17.1. The minimum absolute atomic E-state index is 0. The van der Waals surface area contributed by atoms with Crippen LogP contribution in [0.4, 0.5) is 5.69 Å². The summed E-state index contributed by atoms with van der Waals surface area (Å²) in [5.74, 6) is -0.688. The van der Waals surface area contributed by atoms with Crippen LogP contribution < -0.4 is 58.3 Å². The van der Waals surface area contributed by atoms with E-state index < -0.39 is 26.4 Å². The van der Waals surface area contributed by atoms with Gasteiger partial charge in [-0.25, -0.2) is 0 Å². The molecule has 0 amide bonds. The van der Waals surface area contributed by atoms with Crippen molar-refractivity contribution < 1.29 is 70.8 Å². The molecule has 122 valence electrons. The number of rotatable bonds is 6. The smallest absolute Gasteiger partial charge is 0.858 e. The van der Waals surface area contributed by atoms with E-state index in [1.165, 1.54) is 6.92 Å². The molecule has 0 aliphatic carbocycles. The Morgan fingerprint density at radius 2 is 1.67 bits per heavy atom. The largest absolute Gasteiger partial charge is 1.00 e. The van der Waals surface area contributed by atoms with E-state index in [0.29, 0.717) is 0 Å². The Hall–Kier alpha value is -0.0752. The maximum Gasteiger partial charge on any atom is 1.00 e. The first-order chi connectivity index (χ1) is 10.0. The standard InChI is InChI=1S/C12H17NO7P2.2Li/c1-8(2)12(14)13-9-5-10(21(15,16)19-3)7-11(6-9)22(17,18)20-4;;/h5-7H,1H2,2-4H3,(H,13,14)(H,15,16)(H,17,18);;/q;2*+1/p-2. The van der Waals surface area contributed by atoms with Crippen LogP contribution in [0.15, 0.2) is 35.3 Å². The van der Waals surface area contributed by atoms with Crippen LogP contribution >= 0.6 is 15.2 Å². The zero-order valence-corrected chi connectivity index (χ0v) is 16.0. The summed E-state index contributed by atoms with van der Waals surface area (Å²) < 4.78 is 32.5. The molecule has 0 aromatic heterocycles. The van der Waals surface area contributed by atoms with E-state index in [1.807, 2.05) is 0 Å². The third-order valence-electron chi connectivity index (χ3n) is 2.61. The Bertz CT molecular complexity index is 681. The van der Waals surface area contributed by atoms with Crippen molar-refractivity contribution in [3.05, 3.63) is 30.4 Å². The molecule has 1 rings (SSSR count). The van der Waals surface area contributed by atoms with Crippen LogP contribution in [0, 0.1) is 0 Å². The molecule has 0 heterocycles. The summed E-state index contributed by atoms with van der Waals surface area (Å²) in [5.41, 5.74) is 0.00266. The van der Waals surface area contributed by atoms with E-state index in [1.54, 1.807) is 0 Å². The summed E-state index contributed by atoms with van der Waals surface area (Å²) in [6, 6.07) is 3.08. The van der Waals surface area contributed by atoms with E-state index in [0.717, 1.165) is 32.4 Å². The van der Waals surface area contributed by atoms with Crippen molar-refractivity contribution in [2.45, 2.75) is 6.92 Å². The predicted molar refractivity (Wildman–Crippen MR) is 79.1 cm³/mol. The van der Waals surface area contributed by atoms with Crippen molar-refractivity contribution in [1.29, 1.82) is 0 Å². The maximum absolute atomic E-state index is 11.9. The fourth-order valence-corrected chi connectivity index (χ4v) is 3.10. The number of hydrogen-bond acceptors (Lipinski definition) is 7. The van der Waals surface area contributed by atoms with E-state index in [4.69, 9.17) is 0 Å². The van der Waals surface area contributed by atoms with Gasteiger partial charge in [0.25, 0.3) is 0 Å². The molecule has 0 fully saturated rings. The molecule has 0 spiro atoms. The summed E-state index contributed by atoms with van der Waals surface area (Å²) in [6.45, 7) is 4.84. The number of hydrogen-bond donors (Lipinski definition) is 1. The Morgan fingerprint density at radius 3 is 2.08 bits per heavy atom. The van der Waals surface area contributed by atoms with Gasteiger partial charge in [-0.3, -0.25) is 9.56 Å². The average molecular weight is 361 g/mol. The van der Waals surface area contributed by atoms with Crippen molar-refractivity contribution in [1.82, 2.24) is 0 Å².